The highest BCUT2D eigenvalue weighted by atomic mass is 16.2. The zero-order valence-corrected chi connectivity index (χ0v) is 16.2. The van der Waals surface area contributed by atoms with E-state index < -0.39 is 6.04 Å². The van der Waals surface area contributed by atoms with Gasteiger partial charge in [-0.3, -0.25) is 4.79 Å². The fourth-order valence-electron chi connectivity index (χ4n) is 3.25. The molecule has 1 fully saturated rings. The lowest BCUT2D eigenvalue weighted by atomic mass is 10.1. The van der Waals surface area contributed by atoms with Crippen LogP contribution in [0.25, 0.3) is 0 Å². The highest BCUT2D eigenvalue weighted by molar-refractivity contribution is 5.89. The molecule has 5 nitrogen and oxygen atoms in total. The van der Waals surface area contributed by atoms with E-state index in [2.05, 4.69) is 24.1 Å². The highest BCUT2D eigenvalue weighted by Crippen LogP contribution is 2.23. The van der Waals surface area contributed by atoms with Gasteiger partial charge < -0.3 is 15.5 Å². The number of amides is 3. The lowest BCUT2D eigenvalue weighted by Crippen LogP contribution is -2.49. The summed E-state index contributed by atoms with van der Waals surface area (Å²) in [5, 5.41) is 5.83. The number of benzene rings is 1. The van der Waals surface area contributed by atoms with Gasteiger partial charge in [-0.05, 0) is 43.4 Å². The van der Waals surface area contributed by atoms with Gasteiger partial charge in [0, 0.05) is 18.8 Å². The van der Waals surface area contributed by atoms with Crippen molar-refractivity contribution in [2.45, 2.75) is 32.7 Å². The lowest BCUT2D eigenvalue weighted by molar-refractivity contribution is -0.123. The van der Waals surface area contributed by atoms with E-state index in [1.54, 1.807) is 17.1 Å². The van der Waals surface area contributed by atoms with Gasteiger partial charge in [0.1, 0.15) is 6.04 Å². The SMILES string of the molecule is C=C/C=C(\C=C/C)NC(=O)C1CC(C)CN1C(=O)NCCc1ccccc1. The van der Waals surface area contributed by atoms with Crippen LogP contribution in [0.1, 0.15) is 25.8 Å². The largest absolute Gasteiger partial charge is 0.338 e. The van der Waals surface area contributed by atoms with E-state index in [-0.39, 0.29) is 17.9 Å². The third-order valence-corrected chi connectivity index (χ3v) is 4.52. The van der Waals surface area contributed by atoms with Crippen molar-refractivity contribution in [3.05, 3.63) is 72.5 Å². The molecule has 1 aliphatic heterocycles. The maximum atomic E-state index is 12.7. The molecule has 0 spiro atoms. The van der Waals surface area contributed by atoms with Crippen molar-refractivity contribution in [2.75, 3.05) is 13.1 Å². The van der Waals surface area contributed by atoms with Crippen molar-refractivity contribution in [1.29, 1.82) is 0 Å². The fourth-order valence-corrected chi connectivity index (χ4v) is 3.25. The molecule has 1 saturated heterocycles. The van der Waals surface area contributed by atoms with Crippen LogP contribution in [0.2, 0.25) is 0 Å². The third-order valence-electron chi connectivity index (χ3n) is 4.52. The topological polar surface area (TPSA) is 61.4 Å². The minimum Gasteiger partial charge on any atom is -0.338 e. The zero-order valence-electron chi connectivity index (χ0n) is 16.2. The number of likely N-dealkylation sites (tertiary alicyclic amines) is 1. The first kappa shape index (κ1) is 20.5. The Bertz CT molecular complexity index is 710. The maximum absolute atomic E-state index is 12.7. The minimum atomic E-state index is -0.463. The average Bonchev–Trinajstić information content (AvgIpc) is 3.05. The van der Waals surface area contributed by atoms with Crippen LogP contribution in [0.5, 0.6) is 0 Å². The Kier molecular flexibility index (Phi) is 7.86. The van der Waals surface area contributed by atoms with Crippen LogP contribution in [0.3, 0.4) is 0 Å². The first-order chi connectivity index (χ1) is 13.0. The predicted molar refractivity (Wildman–Crippen MR) is 109 cm³/mol. The molecule has 1 heterocycles. The molecule has 0 saturated carbocycles. The molecule has 3 amide bonds. The molecule has 144 valence electrons. The van der Waals surface area contributed by atoms with Gasteiger partial charge in [0.15, 0.2) is 0 Å². The maximum Gasteiger partial charge on any atom is 0.318 e. The van der Waals surface area contributed by atoms with Crippen LogP contribution in [-0.4, -0.2) is 36.0 Å². The monoisotopic (exact) mass is 367 g/mol. The van der Waals surface area contributed by atoms with Gasteiger partial charge in [-0.1, -0.05) is 56.0 Å². The Hall–Kier alpha value is -2.82. The summed E-state index contributed by atoms with van der Waals surface area (Å²) in [5.41, 5.74) is 1.84. The molecule has 5 heteroatoms. The Morgan fingerprint density at radius 1 is 1.30 bits per heavy atom. The van der Waals surface area contributed by atoms with Gasteiger partial charge in [0.2, 0.25) is 5.91 Å². The van der Waals surface area contributed by atoms with Crippen LogP contribution < -0.4 is 10.6 Å². The molecule has 1 aromatic rings. The summed E-state index contributed by atoms with van der Waals surface area (Å²) in [6.07, 6.45) is 8.44. The van der Waals surface area contributed by atoms with Crippen molar-refractivity contribution < 1.29 is 9.59 Å². The number of nitrogens with zero attached hydrogens (tertiary/aromatic N) is 1. The van der Waals surface area contributed by atoms with Crippen molar-refractivity contribution in [3.63, 3.8) is 0 Å². The van der Waals surface area contributed by atoms with Gasteiger partial charge in [-0.25, -0.2) is 4.79 Å². The van der Waals surface area contributed by atoms with E-state index in [1.165, 1.54) is 5.56 Å². The number of urea groups is 1. The molecule has 27 heavy (non-hydrogen) atoms. The van der Waals surface area contributed by atoms with Gasteiger partial charge in [-0.2, -0.15) is 0 Å². The Labute approximate surface area is 161 Å². The highest BCUT2D eigenvalue weighted by Gasteiger charge is 2.37. The molecule has 1 aliphatic rings. The number of rotatable bonds is 7. The zero-order chi connectivity index (χ0) is 19.6. The van der Waals surface area contributed by atoms with Crippen LogP contribution in [0.4, 0.5) is 4.79 Å². The van der Waals surface area contributed by atoms with Gasteiger partial charge >= 0.3 is 6.03 Å². The number of nitrogens with one attached hydrogen (secondary N) is 2. The molecule has 2 N–H and O–H groups in total. The summed E-state index contributed by atoms with van der Waals surface area (Å²) >= 11 is 0. The predicted octanol–water partition coefficient (Wildman–Crippen LogP) is 3.41. The summed E-state index contributed by atoms with van der Waals surface area (Å²) in [6.45, 7) is 8.73. The second kappa shape index (κ2) is 10.4. The quantitative estimate of drug-likeness (QED) is 0.726. The smallest absolute Gasteiger partial charge is 0.318 e. The lowest BCUT2D eigenvalue weighted by Gasteiger charge is -2.24. The molecule has 0 radical (unpaired) electrons. The van der Waals surface area contributed by atoms with Gasteiger partial charge in [0.05, 0.1) is 0 Å². The second-order valence-corrected chi connectivity index (χ2v) is 6.82. The van der Waals surface area contributed by atoms with E-state index in [9.17, 15) is 9.59 Å². The molecule has 1 aromatic carbocycles. The Morgan fingerprint density at radius 2 is 2.04 bits per heavy atom. The molecule has 0 aromatic heterocycles. The molecule has 2 atom stereocenters. The molecule has 0 bridgehead atoms. The van der Waals surface area contributed by atoms with Crippen LogP contribution in [0, 0.1) is 5.92 Å². The summed E-state index contributed by atoms with van der Waals surface area (Å²) in [4.78, 5) is 27.0. The standard InChI is InChI=1S/C22H29N3O2/c1-4-9-19(10-5-2)24-21(26)20-15-17(3)16-25(20)22(27)23-14-13-18-11-7-6-8-12-18/h4-12,17,20H,1,13-16H2,2-3H3,(H,23,27)(H,24,26)/b10-5-,19-9+. The third kappa shape index (κ3) is 6.13. The first-order valence-corrected chi connectivity index (χ1v) is 9.39. The summed E-state index contributed by atoms with van der Waals surface area (Å²) in [5.74, 6) is 0.123. The number of carbonyl (C=O) groups is 2. The summed E-state index contributed by atoms with van der Waals surface area (Å²) < 4.78 is 0. The first-order valence-electron chi connectivity index (χ1n) is 9.39. The van der Waals surface area contributed by atoms with Crippen molar-refractivity contribution >= 4 is 11.9 Å². The molecule has 2 rings (SSSR count). The minimum absolute atomic E-state index is 0.163. The van der Waals surface area contributed by atoms with E-state index >= 15 is 0 Å². The fraction of sp³-hybridized carbons (Fsp3) is 0.364. The number of carbonyl (C=O) groups excluding carboxylic acids is 2. The van der Waals surface area contributed by atoms with E-state index in [4.69, 9.17) is 0 Å². The second-order valence-electron chi connectivity index (χ2n) is 6.82. The van der Waals surface area contributed by atoms with Crippen molar-refractivity contribution in [2.24, 2.45) is 5.92 Å². The summed E-state index contributed by atoms with van der Waals surface area (Å²) in [6, 6.07) is 9.37. The normalized spacial score (nSPS) is 19.9. The van der Waals surface area contributed by atoms with Gasteiger partial charge in [0.25, 0.3) is 0 Å². The Morgan fingerprint density at radius 3 is 2.70 bits per heavy atom. The summed E-state index contributed by atoms with van der Waals surface area (Å²) in [7, 11) is 0. The van der Waals surface area contributed by atoms with Crippen LogP contribution >= 0.6 is 0 Å². The number of hydrogen-bond donors (Lipinski definition) is 2. The van der Waals surface area contributed by atoms with Crippen LogP contribution in [-0.2, 0) is 11.2 Å². The molecular formula is C22H29N3O2. The molecule has 0 aliphatic carbocycles. The molecular weight excluding hydrogens is 338 g/mol. The number of allylic oxidation sites excluding steroid dienone is 4. The van der Waals surface area contributed by atoms with E-state index in [1.807, 2.05) is 49.4 Å². The van der Waals surface area contributed by atoms with Crippen LogP contribution in [0.15, 0.2) is 66.9 Å². The van der Waals surface area contributed by atoms with E-state index in [0.29, 0.717) is 25.2 Å². The number of hydrogen-bond acceptors (Lipinski definition) is 2. The Balaban J connectivity index is 1.95. The van der Waals surface area contributed by atoms with E-state index in [0.717, 1.165) is 6.42 Å². The molecule has 2 unspecified atom stereocenters. The van der Waals surface area contributed by atoms with Gasteiger partial charge in [-0.15, -0.1) is 0 Å². The average molecular weight is 367 g/mol. The van der Waals surface area contributed by atoms with Crippen molar-refractivity contribution in [3.8, 4) is 0 Å². The van der Waals surface area contributed by atoms with Crippen molar-refractivity contribution in [1.82, 2.24) is 15.5 Å².